The molecular weight excluding hydrogens is 418 g/mol. The highest BCUT2D eigenvalue weighted by atomic mass is 16.5. The summed E-state index contributed by atoms with van der Waals surface area (Å²) in [5.41, 5.74) is 2.99. The van der Waals surface area contributed by atoms with Crippen LogP contribution in [0.15, 0.2) is 67.0 Å². The zero-order valence-electron chi connectivity index (χ0n) is 19.2. The van der Waals surface area contributed by atoms with Crippen LogP contribution >= 0.6 is 0 Å². The lowest BCUT2D eigenvalue weighted by atomic mass is 9.91. The number of hydrogen-bond acceptors (Lipinski definition) is 4. The van der Waals surface area contributed by atoms with E-state index in [-0.39, 0.29) is 11.8 Å². The minimum absolute atomic E-state index is 0.0934. The summed E-state index contributed by atoms with van der Waals surface area (Å²) < 4.78 is 12.8. The number of carbonyl (C=O) groups is 2. The number of hydrogen-bond donors (Lipinski definition) is 1. The summed E-state index contributed by atoms with van der Waals surface area (Å²) in [5.74, 6) is 0.938. The fraction of sp³-hybridized carbons (Fsp3) is 0.308. The van der Waals surface area contributed by atoms with Gasteiger partial charge in [0, 0.05) is 38.8 Å². The molecule has 2 heterocycles. The van der Waals surface area contributed by atoms with Crippen LogP contribution < -0.4 is 14.8 Å². The van der Waals surface area contributed by atoms with E-state index in [1.807, 2.05) is 71.6 Å². The van der Waals surface area contributed by atoms with Crippen LogP contribution in [0.1, 0.15) is 22.7 Å². The van der Waals surface area contributed by atoms with Crippen LogP contribution in [0.5, 0.6) is 11.5 Å². The Balaban J connectivity index is 1.72. The van der Waals surface area contributed by atoms with Gasteiger partial charge in [0.05, 0.1) is 14.2 Å². The van der Waals surface area contributed by atoms with Crippen molar-refractivity contribution >= 4 is 11.8 Å². The Morgan fingerprint density at radius 3 is 2.24 bits per heavy atom. The first-order chi connectivity index (χ1) is 16.0. The standard InChI is InChI=1S/C26H29N3O4/c1-27-25(30)21-14-19-15-23(32-2)24(33-3)16-20(19)17-29(21)26(31)22(28-11-7-8-12-28)13-18-9-5-4-6-10-18/h4-12,15-16,21-22H,13-14,17H2,1-3H3,(H,27,30)/t21-,22+/m0/s1. The number of carbonyl (C=O) groups excluding carboxylic acids is 2. The lowest BCUT2D eigenvalue weighted by Crippen LogP contribution is -2.53. The molecule has 1 aliphatic heterocycles. The Morgan fingerprint density at radius 1 is 1.00 bits per heavy atom. The van der Waals surface area contributed by atoms with Gasteiger partial charge in [-0.25, -0.2) is 0 Å². The van der Waals surface area contributed by atoms with Crippen molar-refractivity contribution in [2.75, 3.05) is 21.3 Å². The third-order valence-electron chi connectivity index (χ3n) is 6.21. The molecule has 0 saturated carbocycles. The molecule has 0 fully saturated rings. The molecule has 7 nitrogen and oxygen atoms in total. The first-order valence-corrected chi connectivity index (χ1v) is 11.0. The van der Waals surface area contributed by atoms with Crippen LogP contribution in [0.25, 0.3) is 0 Å². The average Bonchev–Trinajstić information content (AvgIpc) is 3.40. The zero-order valence-corrected chi connectivity index (χ0v) is 19.2. The number of ether oxygens (including phenoxy) is 2. The number of likely N-dealkylation sites (N-methyl/N-ethyl adjacent to an activating group) is 1. The highest BCUT2D eigenvalue weighted by Crippen LogP contribution is 2.35. The molecule has 2 atom stereocenters. The van der Waals surface area contributed by atoms with E-state index in [1.54, 1.807) is 26.2 Å². The van der Waals surface area contributed by atoms with Crippen molar-refractivity contribution in [3.63, 3.8) is 0 Å². The summed E-state index contributed by atoms with van der Waals surface area (Å²) >= 11 is 0. The zero-order chi connectivity index (χ0) is 23.4. The van der Waals surface area contributed by atoms with Gasteiger partial charge in [0.2, 0.25) is 11.8 Å². The number of nitrogens with one attached hydrogen (secondary N) is 1. The summed E-state index contributed by atoms with van der Waals surface area (Å²) in [7, 11) is 4.78. The summed E-state index contributed by atoms with van der Waals surface area (Å²) in [6, 6.07) is 16.5. The Bertz CT molecular complexity index is 1110. The monoisotopic (exact) mass is 447 g/mol. The molecule has 0 radical (unpaired) electrons. The summed E-state index contributed by atoms with van der Waals surface area (Å²) in [5, 5.41) is 2.73. The summed E-state index contributed by atoms with van der Waals surface area (Å²) in [6.07, 6.45) is 4.73. The van der Waals surface area contributed by atoms with Crippen molar-refractivity contribution in [2.45, 2.75) is 31.5 Å². The van der Waals surface area contributed by atoms with Gasteiger partial charge in [-0.05, 0) is 41.0 Å². The maximum atomic E-state index is 14.0. The van der Waals surface area contributed by atoms with E-state index in [0.29, 0.717) is 30.9 Å². The molecule has 1 N–H and O–H groups in total. The number of fused-ring (bicyclic) bond motifs is 1. The van der Waals surface area contributed by atoms with Crippen molar-refractivity contribution in [3.8, 4) is 11.5 Å². The molecular formula is C26H29N3O4. The maximum absolute atomic E-state index is 14.0. The fourth-order valence-corrected chi connectivity index (χ4v) is 4.45. The Hall–Kier alpha value is -3.74. The number of amides is 2. The first kappa shape index (κ1) is 22.5. The third-order valence-corrected chi connectivity index (χ3v) is 6.21. The average molecular weight is 448 g/mol. The van der Waals surface area contributed by atoms with Gasteiger partial charge in [-0.2, -0.15) is 0 Å². The number of methoxy groups -OCH3 is 2. The van der Waals surface area contributed by atoms with Gasteiger partial charge in [0.15, 0.2) is 11.5 Å². The van der Waals surface area contributed by atoms with Crippen LogP contribution in [-0.2, 0) is 29.0 Å². The Labute approximate surface area is 193 Å². The Kier molecular flexibility index (Phi) is 6.68. The molecule has 7 heteroatoms. The van der Waals surface area contributed by atoms with Crippen molar-refractivity contribution in [2.24, 2.45) is 0 Å². The van der Waals surface area contributed by atoms with E-state index in [4.69, 9.17) is 9.47 Å². The van der Waals surface area contributed by atoms with Gasteiger partial charge in [0.25, 0.3) is 0 Å². The minimum Gasteiger partial charge on any atom is -0.493 e. The van der Waals surface area contributed by atoms with Crippen LogP contribution in [-0.4, -0.2) is 48.6 Å². The van der Waals surface area contributed by atoms with Gasteiger partial charge in [-0.1, -0.05) is 30.3 Å². The molecule has 2 amide bonds. The van der Waals surface area contributed by atoms with Gasteiger partial charge in [-0.3, -0.25) is 9.59 Å². The van der Waals surface area contributed by atoms with Crippen LogP contribution in [0.3, 0.4) is 0 Å². The van der Waals surface area contributed by atoms with Crippen molar-refractivity contribution in [1.29, 1.82) is 0 Å². The summed E-state index contributed by atoms with van der Waals surface area (Å²) in [4.78, 5) is 28.6. The van der Waals surface area contributed by atoms with Crippen LogP contribution in [0.4, 0.5) is 0 Å². The summed E-state index contributed by atoms with van der Waals surface area (Å²) in [6.45, 7) is 0.319. The second-order valence-corrected chi connectivity index (χ2v) is 8.11. The number of aromatic nitrogens is 1. The fourth-order valence-electron chi connectivity index (χ4n) is 4.45. The Morgan fingerprint density at radius 2 is 1.64 bits per heavy atom. The number of benzene rings is 2. The topological polar surface area (TPSA) is 72.8 Å². The van der Waals surface area contributed by atoms with Crippen molar-refractivity contribution in [3.05, 3.63) is 83.7 Å². The molecule has 0 spiro atoms. The van der Waals surface area contributed by atoms with E-state index in [9.17, 15) is 9.59 Å². The third kappa shape index (κ3) is 4.58. The van der Waals surface area contributed by atoms with E-state index in [2.05, 4.69) is 5.32 Å². The second-order valence-electron chi connectivity index (χ2n) is 8.11. The normalized spacial score (nSPS) is 16.0. The quantitative estimate of drug-likeness (QED) is 0.604. The molecule has 0 saturated heterocycles. The van der Waals surface area contributed by atoms with E-state index >= 15 is 0 Å². The molecule has 172 valence electrons. The maximum Gasteiger partial charge on any atom is 0.246 e. The lowest BCUT2D eigenvalue weighted by Gasteiger charge is -2.38. The number of rotatable bonds is 7. The lowest BCUT2D eigenvalue weighted by molar-refractivity contribution is -0.144. The van der Waals surface area contributed by atoms with Gasteiger partial charge >= 0.3 is 0 Å². The highest BCUT2D eigenvalue weighted by Gasteiger charge is 2.38. The minimum atomic E-state index is -0.609. The first-order valence-electron chi connectivity index (χ1n) is 11.0. The molecule has 0 unspecified atom stereocenters. The van der Waals surface area contributed by atoms with Crippen molar-refractivity contribution in [1.82, 2.24) is 14.8 Å². The predicted molar refractivity (Wildman–Crippen MR) is 125 cm³/mol. The highest BCUT2D eigenvalue weighted by molar-refractivity contribution is 5.90. The van der Waals surface area contributed by atoms with Crippen molar-refractivity contribution < 1.29 is 19.1 Å². The van der Waals surface area contributed by atoms with E-state index in [0.717, 1.165) is 16.7 Å². The van der Waals surface area contributed by atoms with E-state index in [1.165, 1.54) is 0 Å². The van der Waals surface area contributed by atoms with Crippen LogP contribution in [0.2, 0.25) is 0 Å². The molecule has 0 bridgehead atoms. The molecule has 4 rings (SSSR count). The molecule has 3 aromatic rings. The van der Waals surface area contributed by atoms with E-state index < -0.39 is 12.1 Å². The van der Waals surface area contributed by atoms with Gasteiger partial charge in [-0.15, -0.1) is 0 Å². The SMILES string of the molecule is CNC(=O)[C@@H]1Cc2cc(OC)c(OC)cc2CN1C(=O)[C@@H](Cc1ccccc1)n1cccc1. The smallest absolute Gasteiger partial charge is 0.246 e. The molecule has 33 heavy (non-hydrogen) atoms. The molecule has 2 aromatic carbocycles. The second kappa shape index (κ2) is 9.81. The van der Waals surface area contributed by atoms with Crippen LogP contribution in [0, 0.1) is 0 Å². The largest absolute Gasteiger partial charge is 0.493 e. The predicted octanol–water partition coefficient (Wildman–Crippen LogP) is 2.99. The molecule has 1 aliphatic rings. The number of nitrogens with zero attached hydrogens (tertiary/aromatic N) is 2. The molecule has 0 aliphatic carbocycles. The van der Waals surface area contributed by atoms with Gasteiger partial charge in [0.1, 0.15) is 12.1 Å². The molecule has 1 aromatic heterocycles. The van der Waals surface area contributed by atoms with Gasteiger partial charge < -0.3 is 24.3 Å².